The second-order valence-corrected chi connectivity index (χ2v) is 4.69. The molecule has 1 saturated heterocycles. The van der Waals surface area contributed by atoms with Gasteiger partial charge in [0.2, 0.25) is 0 Å². The van der Waals surface area contributed by atoms with Gasteiger partial charge < -0.3 is 10.6 Å². The zero-order valence-electron chi connectivity index (χ0n) is 8.31. The molecule has 2 rings (SSSR count). The van der Waals surface area contributed by atoms with Gasteiger partial charge in [0.25, 0.3) is 0 Å². The van der Waals surface area contributed by atoms with Crippen LogP contribution in [0, 0.1) is 0 Å². The fourth-order valence-electron chi connectivity index (χ4n) is 1.70. The number of nitrogens with two attached hydrogens (primary N) is 1. The van der Waals surface area contributed by atoms with Crippen LogP contribution in [0.3, 0.4) is 0 Å². The van der Waals surface area contributed by atoms with Gasteiger partial charge in [0.1, 0.15) is 0 Å². The first-order valence-electron chi connectivity index (χ1n) is 4.80. The molecule has 1 aromatic heterocycles. The molecule has 0 amide bonds. The van der Waals surface area contributed by atoms with E-state index in [1.807, 2.05) is 23.9 Å². The zero-order chi connectivity index (χ0) is 9.97. The molecule has 1 aromatic rings. The van der Waals surface area contributed by atoms with Crippen LogP contribution in [0.15, 0.2) is 18.3 Å². The second kappa shape index (κ2) is 4.09. The number of nitrogens with zero attached hydrogens (tertiary/aromatic N) is 2. The molecule has 0 radical (unpaired) electrons. The lowest BCUT2D eigenvalue weighted by Gasteiger charge is -2.25. The molecule has 0 spiro atoms. The van der Waals surface area contributed by atoms with Crippen molar-refractivity contribution in [2.45, 2.75) is 12.5 Å². The van der Waals surface area contributed by atoms with Gasteiger partial charge in [0.05, 0.1) is 5.69 Å². The summed E-state index contributed by atoms with van der Waals surface area (Å²) < 4.78 is 0. The van der Waals surface area contributed by atoms with Crippen molar-refractivity contribution in [2.24, 2.45) is 0 Å². The average molecular weight is 209 g/mol. The highest BCUT2D eigenvalue weighted by atomic mass is 32.2. The Hall–Kier alpha value is -0.900. The summed E-state index contributed by atoms with van der Waals surface area (Å²) in [6.07, 6.45) is 3.03. The van der Waals surface area contributed by atoms with Gasteiger partial charge in [-0.25, -0.2) is 4.98 Å². The number of hydrogen-bond acceptors (Lipinski definition) is 4. The lowest BCUT2D eigenvalue weighted by Crippen LogP contribution is -2.32. The highest BCUT2D eigenvalue weighted by Gasteiger charge is 2.21. The van der Waals surface area contributed by atoms with E-state index in [2.05, 4.69) is 16.9 Å². The highest BCUT2D eigenvalue weighted by molar-refractivity contribution is 7.99. The van der Waals surface area contributed by atoms with E-state index in [1.54, 1.807) is 6.20 Å². The minimum atomic E-state index is 0.595. The van der Waals surface area contributed by atoms with Crippen LogP contribution in [0.25, 0.3) is 0 Å². The Morgan fingerprint density at radius 1 is 1.64 bits per heavy atom. The third kappa shape index (κ3) is 1.80. The Morgan fingerprint density at radius 2 is 2.50 bits per heavy atom. The molecule has 0 aliphatic carbocycles. The predicted octanol–water partition coefficient (Wildman–Crippen LogP) is 1.61. The van der Waals surface area contributed by atoms with E-state index in [4.69, 9.17) is 5.73 Å². The Kier molecular flexibility index (Phi) is 2.82. The number of thioether (sulfide) groups is 1. The molecule has 1 unspecified atom stereocenters. The normalized spacial score (nSPS) is 21.1. The van der Waals surface area contributed by atoms with Gasteiger partial charge in [-0.05, 0) is 24.3 Å². The van der Waals surface area contributed by atoms with Crippen LogP contribution in [0.4, 0.5) is 11.5 Å². The lowest BCUT2D eigenvalue weighted by atomic mass is 10.2. The smallest absolute Gasteiger partial charge is 0.151 e. The van der Waals surface area contributed by atoms with Gasteiger partial charge >= 0.3 is 0 Å². The van der Waals surface area contributed by atoms with Gasteiger partial charge in [-0.1, -0.05) is 0 Å². The summed E-state index contributed by atoms with van der Waals surface area (Å²) >= 11 is 2.00. The van der Waals surface area contributed by atoms with E-state index >= 15 is 0 Å². The van der Waals surface area contributed by atoms with Crippen LogP contribution in [0.1, 0.15) is 6.42 Å². The van der Waals surface area contributed by atoms with Crippen LogP contribution in [0.2, 0.25) is 0 Å². The standard InChI is InChI=1S/C10H15N3S/c1-13(8-4-6-14-7-8)10-9(11)3-2-5-12-10/h2-3,5,8H,4,6-7,11H2,1H3. The van der Waals surface area contributed by atoms with Gasteiger partial charge in [0.15, 0.2) is 5.82 Å². The van der Waals surface area contributed by atoms with E-state index < -0.39 is 0 Å². The molecular weight excluding hydrogens is 194 g/mol. The van der Waals surface area contributed by atoms with Crippen molar-refractivity contribution in [3.05, 3.63) is 18.3 Å². The molecule has 14 heavy (non-hydrogen) atoms. The first kappa shape index (κ1) is 9.65. The minimum Gasteiger partial charge on any atom is -0.396 e. The van der Waals surface area contributed by atoms with Crippen LogP contribution in [-0.2, 0) is 0 Å². The Balaban J connectivity index is 2.17. The molecule has 2 heterocycles. The quantitative estimate of drug-likeness (QED) is 0.803. The summed E-state index contributed by atoms with van der Waals surface area (Å²) in [4.78, 5) is 6.52. The molecule has 4 heteroatoms. The van der Waals surface area contributed by atoms with Crippen LogP contribution < -0.4 is 10.6 Å². The number of nitrogen functional groups attached to an aromatic ring is 1. The zero-order valence-corrected chi connectivity index (χ0v) is 9.13. The first-order chi connectivity index (χ1) is 6.79. The minimum absolute atomic E-state index is 0.595. The Bertz CT molecular complexity index is 310. The molecule has 0 bridgehead atoms. The SMILES string of the molecule is CN(c1ncccc1N)C1CCSC1. The van der Waals surface area contributed by atoms with E-state index in [-0.39, 0.29) is 0 Å². The lowest BCUT2D eigenvalue weighted by molar-refractivity contribution is 0.693. The number of anilines is 2. The van der Waals surface area contributed by atoms with Crippen LogP contribution in [0.5, 0.6) is 0 Å². The monoisotopic (exact) mass is 209 g/mol. The average Bonchev–Trinajstić information content (AvgIpc) is 2.70. The molecule has 1 atom stereocenters. The van der Waals surface area contributed by atoms with Crippen molar-refractivity contribution < 1.29 is 0 Å². The maximum absolute atomic E-state index is 5.88. The fourth-order valence-corrected chi connectivity index (χ4v) is 2.97. The summed E-state index contributed by atoms with van der Waals surface area (Å²) in [6.45, 7) is 0. The summed E-state index contributed by atoms with van der Waals surface area (Å²) in [5, 5.41) is 0. The molecule has 0 saturated carbocycles. The van der Waals surface area contributed by atoms with E-state index in [1.165, 1.54) is 17.9 Å². The van der Waals surface area contributed by atoms with Gasteiger partial charge in [0, 0.05) is 25.0 Å². The summed E-state index contributed by atoms with van der Waals surface area (Å²) in [7, 11) is 2.08. The van der Waals surface area contributed by atoms with E-state index in [9.17, 15) is 0 Å². The highest BCUT2D eigenvalue weighted by Crippen LogP contribution is 2.27. The van der Waals surface area contributed by atoms with Crippen molar-refractivity contribution in [3.8, 4) is 0 Å². The molecule has 2 N–H and O–H groups in total. The topological polar surface area (TPSA) is 42.2 Å². The fraction of sp³-hybridized carbons (Fsp3) is 0.500. The molecular formula is C10H15N3S. The van der Waals surface area contributed by atoms with E-state index in [0.717, 1.165) is 11.5 Å². The first-order valence-corrected chi connectivity index (χ1v) is 5.95. The number of hydrogen-bond donors (Lipinski definition) is 1. The van der Waals surface area contributed by atoms with Crippen molar-refractivity contribution in [3.63, 3.8) is 0 Å². The maximum Gasteiger partial charge on any atom is 0.151 e. The van der Waals surface area contributed by atoms with Crippen molar-refractivity contribution in [2.75, 3.05) is 29.2 Å². The predicted molar refractivity (Wildman–Crippen MR) is 62.8 cm³/mol. The summed E-state index contributed by atoms with van der Waals surface area (Å²) in [5.41, 5.74) is 6.65. The van der Waals surface area contributed by atoms with Gasteiger partial charge in [-0.2, -0.15) is 11.8 Å². The molecule has 0 aromatic carbocycles. The van der Waals surface area contributed by atoms with Crippen LogP contribution in [-0.4, -0.2) is 29.6 Å². The van der Waals surface area contributed by atoms with E-state index in [0.29, 0.717) is 6.04 Å². The van der Waals surface area contributed by atoms with Crippen LogP contribution >= 0.6 is 11.8 Å². The molecule has 76 valence electrons. The third-order valence-corrected chi connectivity index (χ3v) is 3.75. The van der Waals surface area contributed by atoms with Crippen molar-refractivity contribution in [1.29, 1.82) is 0 Å². The maximum atomic E-state index is 5.88. The van der Waals surface area contributed by atoms with Gasteiger partial charge in [-0.15, -0.1) is 0 Å². The molecule has 1 fully saturated rings. The van der Waals surface area contributed by atoms with Crippen molar-refractivity contribution >= 4 is 23.3 Å². The largest absolute Gasteiger partial charge is 0.396 e. The number of rotatable bonds is 2. The molecule has 1 aliphatic heterocycles. The summed E-state index contributed by atoms with van der Waals surface area (Å²) in [5.74, 6) is 3.36. The summed E-state index contributed by atoms with van der Waals surface area (Å²) in [6, 6.07) is 4.37. The Labute approximate surface area is 88.7 Å². The molecule has 1 aliphatic rings. The Morgan fingerprint density at radius 3 is 3.14 bits per heavy atom. The van der Waals surface area contributed by atoms with Crippen molar-refractivity contribution in [1.82, 2.24) is 4.98 Å². The second-order valence-electron chi connectivity index (χ2n) is 3.54. The third-order valence-electron chi connectivity index (χ3n) is 2.60. The van der Waals surface area contributed by atoms with Gasteiger partial charge in [-0.3, -0.25) is 0 Å². The molecule has 3 nitrogen and oxygen atoms in total. The number of aromatic nitrogens is 1. The number of pyridine rings is 1.